The number of halogens is 2. The van der Waals surface area contributed by atoms with Crippen molar-refractivity contribution in [3.63, 3.8) is 0 Å². The molecule has 0 fully saturated rings. The van der Waals surface area contributed by atoms with Crippen LogP contribution in [0.2, 0.25) is 0 Å². The molecule has 0 radical (unpaired) electrons. The van der Waals surface area contributed by atoms with Crippen LogP contribution < -0.4 is 0 Å². The van der Waals surface area contributed by atoms with Gasteiger partial charge in [-0.05, 0) is 6.92 Å². The topological polar surface area (TPSA) is 110 Å². The molecule has 20 heavy (non-hydrogen) atoms. The molecule has 0 bridgehead atoms. The molecule has 2 aromatic rings. The first-order valence-electron chi connectivity index (χ1n) is 5.88. The smallest absolute Gasteiger partial charge is 0.161 e. The Kier molecular flexibility index (Phi) is 4.00. The van der Waals surface area contributed by atoms with Crippen LogP contribution in [0.15, 0.2) is 12.1 Å². The standard InChI is InChI=1S/C12H14F2N2O4/c1-4(17)9(18)10(19)11(20)12-15-7-2-5(13)6(14)3-8(7)16-12/h2-4,9-11,17-20H,1H3,(H,15,16)/t4-,9+,10+,11-/m1/s1. The van der Waals surface area contributed by atoms with Gasteiger partial charge in [-0.2, -0.15) is 0 Å². The van der Waals surface area contributed by atoms with Crippen molar-refractivity contribution < 1.29 is 29.2 Å². The predicted octanol–water partition coefficient (Wildman–Crippen LogP) is -0.0229. The maximum Gasteiger partial charge on any atom is 0.161 e. The third kappa shape index (κ3) is 2.63. The van der Waals surface area contributed by atoms with Crippen molar-refractivity contribution in [3.05, 3.63) is 29.6 Å². The van der Waals surface area contributed by atoms with Crippen LogP contribution in [-0.2, 0) is 0 Å². The summed E-state index contributed by atoms with van der Waals surface area (Å²) in [6, 6.07) is 1.71. The van der Waals surface area contributed by atoms with Crippen LogP contribution in [0.4, 0.5) is 8.78 Å². The number of aliphatic hydroxyl groups is 4. The van der Waals surface area contributed by atoms with E-state index in [-0.39, 0.29) is 16.9 Å². The van der Waals surface area contributed by atoms with Crippen molar-refractivity contribution in [3.8, 4) is 0 Å². The summed E-state index contributed by atoms with van der Waals surface area (Å²) < 4.78 is 26.1. The fraction of sp³-hybridized carbons (Fsp3) is 0.417. The van der Waals surface area contributed by atoms with E-state index in [2.05, 4.69) is 9.97 Å². The fourth-order valence-corrected chi connectivity index (χ4v) is 1.80. The number of rotatable bonds is 4. The quantitative estimate of drug-likeness (QED) is 0.543. The Morgan fingerprint density at radius 1 is 1.05 bits per heavy atom. The van der Waals surface area contributed by atoms with Gasteiger partial charge in [0.15, 0.2) is 11.6 Å². The molecule has 8 heteroatoms. The lowest BCUT2D eigenvalue weighted by Gasteiger charge is -2.23. The monoisotopic (exact) mass is 288 g/mol. The Bertz CT molecular complexity index is 578. The minimum Gasteiger partial charge on any atom is -0.391 e. The lowest BCUT2D eigenvalue weighted by atomic mass is 10.0. The highest BCUT2D eigenvalue weighted by Crippen LogP contribution is 2.22. The maximum atomic E-state index is 13.0. The van der Waals surface area contributed by atoms with Gasteiger partial charge in [-0.25, -0.2) is 13.8 Å². The van der Waals surface area contributed by atoms with Crippen molar-refractivity contribution >= 4 is 11.0 Å². The Balaban J connectivity index is 2.33. The second-order valence-corrected chi connectivity index (χ2v) is 4.57. The van der Waals surface area contributed by atoms with Gasteiger partial charge in [-0.15, -0.1) is 0 Å². The molecule has 6 nitrogen and oxygen atoms in total. The van der Waals surface area contributed by atoms with E-state index in [0.717, 1.165) is 12.1 Å². The third-order valence-corrected chi connectivity index (χ3v) is 2.99. The molecule has 0 saturated heterocycles. The van der Waals surface area contributed by atoms with Gasteiger partial charge < -0.3 is 25.4 Å². The van der Waals surface area contributed by atoms with E-state index in [4.69, 9.17) is 5.11 Å². The van der Waals surface area contributed by atoms with Crippen LogP contribution in [-0.4, -0.2) is 48.7 Å². The maximum absolute atomic E-state index is 13.0. The highest BCUT2D eigenvalue weighted by atomic mass is 19.2. The van der Waals surface area contributed by atoms with E-state index in [0.29, 0.717) is 0 Å². The zero-order valence-electron chi connectivity index (χ0n) is 10.5. The van der Waals surface area contributed by atoms with Crippen molar-refractivity contribution in [1.82, 2.24) is 9.97 Å². The first-order chi connectivity index (χ1) is 9.31. The Morgan fingerprint density at radius 2 is 1.65 bits per heavy atom. The average Bonchev–Trinajstić information content (AvgIpc) is 2.79. The number of nitrogens with zero attached hydrogens (tertiary/aromatic N) is 1. The number of aliphatic hydroxyl groups excluding tert-OH is 4. The summed E-state index contributed by atoms with van der Waals surface area (Å²) in [7, 11) is 0. The van der Waals surface area contributed by atoms with Crippen molar-refractivity contribution in [1.29, 1.82) is 0 Å². The van der Waals surface area contributed by atoms with E-state index >= 15 is 0 Å². The normalized spacial score (nSPS) is 17.9. The highest BCUT2D eigenvalue weighted by Gasteiger charge is 2.31. The summed E-state index contributed by atoms with van der Waals surface area (Å²) in [5.41, 5.74) is 0.202. The van der Waals surface area contributed by atoms with E-state index < -0.39 is 36.1 Å². The number of nitrogens with one attached hydrogen (secondary N) is 1. The summed E-state index contributed by atoms with van der Waals surface area (Å²) in [6.07, 6.45) is -6.20. The van der Waals surface area contributed by atoms with Gasteiger partial charge in [0, 0.05) is 12.1 Å². The Hall–Kier alpha value is -1.61. The molecule has 5 N–H and O–H groups in total. The van der Waals surface area contributed by atoms with Crippen LogP contribution in [0.3, 0.4) is 0 Å². The minimum absolute atomic E-state index is 0.0664. The highest BCUT2D eigenvalue weighted by molar-refractivity contribution is 5.75. The van der Waals surface area contributed by atoms with Gasteiger partial charge >= 0.3 is 0 Å². The molecule has 110 valence electrons. The fourth-order valence-electron chi connectivity index (χ4n) is 1.80. The number of imidazole rings is 1. The molecule has 0 aliphatic carbocycles. The van der Waals surface area contributed by atoms with Crippen molar-refractivity contribution in [2.75, 3.05) is 0 Å². The summed E-state index contributed by atoms with van der Waals surface area (Å²) in [5.74, 6) is -2.33. The van der Waals surface area contributed by atoms with Crippen LogP contribution >= 0.6 is 0 Å². The number of fused-ring (bicyclic) bond motifs is 1. The van der Waals surface area contributed by atoms with Gasteiger partial charge in [0.1, 0.15) is 24.1 Å². The number of H-pyrrole nitrogens is 1. The van der Waals surface area contributed by atoms with Gasteiger partial charge in [-0.1, -0.05) is 0 Å². The van der Waals surface area contributed by atoms with Crippen LogP contribution in [0.25, 0.3) is 11.0 Å². The molecule has 1 heterocycles. The number of hydrogen-bond acceptors (Lipinski definition) is 5. The number of hydrogen-bond donors (Lipinski definition) is 5. The molecule has 1 aromatic carbocycles. The summed E-state index contributed by atoms with van der Waals surface area (Å²) in [4.78, 5) is 6.33. The van der Waals surface area contributed by atoms with E-state index in [9.17, 15) is 24.1 Å². The predicted molar refractivity (Wildman–Crippen MR) is 64.7 cm³/mol. The van der Waals surface area contributed by atoms with Gasteiger partial charge in [-0.3, -0.25) is 0 Å². The molecular formula is C12H14F2N2O4. The average molecular weight is 288 g/mol. The molecule has 0 aliphatic rings. The first-order valence-corrected chi connectivity index (χ1v) is 5.88. The first kappa shape index (κ1) is 14.8. The minimum atomic E-state index is -1.70. The molecule has 2 rings (SSSR count). The molecule has 4 atom stereocenters. The second kappa shape index (κ2) is 5.41. The van der Waals surface area contributed by atoms with Gasteiger partial charge in [0.05, 0.1) is 17.1 Å². The zero-order chi connectivity index (χ0) is 15.0. The lowest BCUT2D eigenvalue weighted by molar-refractivity contribution is -0.103. The third-order valence-electron chi connectivity index (χ3n) is 2.99. The Morgan fingerprint density at radius 3 is 2.25 bits per heavy atom. The Labute approximate surface area is 112 Å². The zero-order valence-corrected chi connectivity index (χ0v) is 10.5. The molecule has 0 spiro atoms. The summed E-state index contributed by atoms with van der Waals surface area (Å²) in [5, 5.41) is 38.1. The summed E-state index contributed by atoms with van der Waals surface area (Å²) in [6.45, 7) is 1.24. The SMILES string of the molecule is C[C@@H](O)[C@H](O)[C@H](O)[C@@H](O)c1nc2cc(F)c(F)cc2[nH]1. The molecule has 1 aromatic heterocycles. The molecular weight excluding hydrogens is 274 g/mol. The van der Waals surface area contributed by atoms with E-state index in [1.165, 1.54) is 6.92 Å². The van der Waals surface area contributed by atoms with Crippen LogP contribution in [0.5, 0.6) is 0 Å². The molecule has 0 aliphatic heterocycles. The van der Waals surface area contributed by atoms with Crippen LogP contribution in [0.1, 0.15) is 18.9 Å². The molecule has 0 unspecified atom stereocenters. The van der Waals surface area contributed by atoms with Crippen molar-refractivity contribution in [2.24, 2.45) is 0 Å². The largest absolute Gasteiger partial charge is 0.391 e. The number of benzene rings is 1. The number of aromatic amines is 1. The second-order valence-electron chi connectivity index (χ2n) is 4.57. The molecule has 0 amide bonds. The van der Waals surface area contributed by atoms with Crippen LogP contribution in [0, 0.1) is 11.6 Å². The van der Waals surface area contributed by atoms with Gasteiger partial charge in [0.25, 0.3) is 0 Å². The lowest BCUT2D eigenvalue weighted by Crippen LogP contribution is -2.39. The van der Waals surface area contributed by atoms with E-state index in [1.54, 1.807) is 0 Å². The van der Waals surface area contributed by atoms with Crippen molar-refractivity contribution in [2.45, 2.75) is 31.3 Å². The van der Waals surface area contributed by atoms with E-state index in [1.807, 2.05) is 0 Å². The molecule has 0 saturated carbocycles. The summed E-state index contributed by atoms with van der Waals surface area (Å²) >= 11 is 0. The number of aromatic nitrogens is 2. The van der Waals surface area contributed by atoms with Gasteiger partial charge in [0.2, 0.25) is 0 Å².